The van der Waals surface area contributed by atoms with Crippen LogP contribution in [0.15, 0.2) is 60.7 Å². The number of rotatable bonds is 6. The predicted octanol–water partition coefficient (Wildman–Crippen LogP) is 3.90. The highest BCUT2D eigenvalue weighted by Gasteiger charge is 2.36. The molecule has 0 unspecified atom stereocenters. The van der Waals surface area contributed by atoms with Gasteiger partial charge in [0.1, 0.15) is 5.54 Å². The van der Waals surface area contributed by atoms with E-state index in [2.05, 4.69) is 11.4 Å². The molecule has 4 heteroatoms. The van der Waals surface area contributed by atoms with Crippen molar-refractivity contribution < 1.29 is 4.79 Å². The second-order valence-corrected chi connectivity index (χ2v) is 5.57. The zero-order valence-corrected chi connectivity index (χ0v) is 14.2. The van der Waals surface area contributed by atoms with E-state index in [-0.39, 0.29) is 12.5 Å². The van der Waals surface area contributed by atoms with Crippen LogP contribution in [-0.2, 0) is 5.54 Å². The van der Waals surface area contributed by atoms with Crippen molar-refractivity contribution in [3.05, 3.63) is 71.8 Å². The highest BCUT2D eigenvalue weighted by molar-refractivity contribution is 5.76. The van der Waals surface area contributed by atoms with Crippen LogP contribution in [0.4, 0.5) is 4.79 Å². The van der Waals surface area contributed by atoms with Gasteiger partial charge in [0.25, 0.3) is 0 Å². The second-order valence-electron chi connectivity index (χ2n) is 5.57. The van der Waals surface area contributed by atoms with E-state index < -0.39 is 5.54 Å². The summed E-state index contributed by atoms with van der Waals surface area (Å²) in [7, 11) is 0. The lowest BCUT2D eigenvalue weighted by Crippen LogP contribution is -2.52. The number of nitrogens with zero attached hydrogens (tertiary/aromatic N) is 2. The van der Waals surface area contributed by atoms with E-state index in [1.807, 2.05) is 74.5 Å². The zero-order chi connectivity index (χ0) is 17.4. The summed E-state index contributed by atoms with van der Waals surface area (Å²) >= 11 is 0. The van der Waals surface area contributed by atoms with Crippen molar-refractivity contribution in [1.82, 2.24) is 10.2 Å². The Kier molecular flexibility index (Phi) is 5.97. The largest absolute Gasteiger partial charge is 0.325 e. The Morgan fingerprint density at radius 2 is 1.46 bits per heavy atom. The minimum Gasteiger partial charge on any atom is -0.325 e. The van der Waals surface area contributed by atoms with Gasteiger partial charge in [-0.2, -0.15) is 5.26 Å². The molecule has 0 radical (unpaired) electrons. The molecule has 0 heterocycles. The van der Waals surface area contributed by atoms with Crippen LogP contribution in [0.3, 0.4) is 0 Å². The summed E-state index contributed by atoms with van der Waals surface area (Å²) in [6.45, 7) is 5.13. The van der Waals surface area contributed by atoms with Crippen LogP contribution in [0.2, 0.25) is 0 Å². The van der Waals surface area contributed by atoms with Crippen molar-refractivity contribution in [2.45, 2.75) is 25.8 Å². The monoisotopic (exact) mass is 321 g/mol. The normalized spacial score (nSPS) is 10.7. The number of nitrogens with one attached hydrogen (secondary N) is 1. The SMILES string of the molecule is CCN(CC)C(=O)NC(CC#N)(c1ccccc1)c1ccccc1. The molecule has 0 saturated carbocycles. The number of carbonyl (C=O) groups excluding carboxylic acids is 1. The smallest absolute Gasteiger partial charge is 0.318 e. The Balaban J connectivity index is 2.55. The molecule has 0 saturated heterocycles. The summed E-state index contributed by atoms with van der Waals surface area (Å²) < 4.78 is 0. The molecule has 0 aromatic heterocycles. The number of urea groups is 1. The minimum atomic E-state index is -0.864. The van der Waals surface area contributed by atoms with Gasteiger partial charge in [-0.25, -0.2) is 4.79 Å². The summed E-state index contributed by atoms with van der Waals surface area (Å²) in [4.78, 5) is 14.5. The molecular formula is C20H23N3O. The molecule has 0 fully saturated rings. The van der Waals surface area contributed by atoms with Gasteiger partial charge in [0.2, 0.25) is 0 Å². The topological polar surface area (TPSA) is 56.1 Å². The first-order valence-electron chi connectivity index (χ1n) is 8.23. The van der Waals surface area contributed by atoms with Crippen LogP contribution < -0.4 is 5.32 Å². The van der Waals surface area contributed by atoms with Gasteiger partial charge in [0, 0.05) is 13.1 Å². The van der Waals surface area contributed by atoms with Gasteiger partial charge in [-0.1, -0.05) is 60.7 Å². The molecule has 124 valence electrons. The standard InChI is InChI=1S/C20H23N3O/c1-3-23(4-2)19(24)22-20(15-16-21,17-11-7-5-8-12-17)18-13-9-6-10-14-18/h5-14H,3-4,15H2,1-2H3,(H,22,24). The molecule has 24 heavy (non-hydrogen) atoms. The van der Waals surface area contributed by atoms with Crippen LogP contribution in [0.5, 0.6) is 0 Å². The van der Waals surface area contributed by atoms with Crippen molar-refractivity contribution in [2.75, 3.05) is 13.1 Å². The average Bonchev–Trinajstić information content (AvgIpc) is 2.64. The molecule has 0 aliphatic rings. The lowest BCUT2D eigenvalue weighted by Gasteiger charge is -2.36. The number of hydrogen-bond donors (Lipinski definition) is 1. The molecule has 0 aliphatic heterocycles. The van der Waals surface area contributed by atoms with Gasteiger partial charge in [-0.3, -0.25) is 0 Å². The van der Waals surface area contributed by atoms with Crippen molar-refractivity contribution in [1.29, 1.82) is 5.26 Å². The van der Waals surface area contributed by atoms with Crippen LogP contribution >= 0.6 is 0 Å². The first kappa shape index (κ1) is 17.6. The Labute approximate surface area is 143 Å². The maximum absolute atomic E-state index is 12.7. The number of nitriles is 1. The van der Waals surface area contributed by atoms with Gasteiger partial charge >= 0.3 is 6.03 Å². The van der Waals surface area contributed by atoms with Crippen molar-refractivity contribution in [3.63, 3.8) is 0 Å². The lowest BCUT2D eigenvalue weighted by atomic mass is 9.80. The third kappa shape index (κ3) is 3.57. The third-order valence-corrected chi connectivity index (χ3v) is 4.25. The van der Waals surface area contributed by atoms with E-state index in [0.29, 0.717) is 13.1 Å². The van der Waals surface area contributed by atoms with E-state index in [0.717, 1.165) is 11.1 Å². The third-order valence-electron chi connectivity index (χ3n) is 4.25. The minimum absolute atomic E-state index is 0.161. The zero-order valence-electron chi connectivity index (χ0n) is 14.2. The molecule has 2 amide bonds. The number of hydrogen-bond acceptors (Lipinski definition) is 2. The van der Waals surface area contributed by atoms with Crippen LogP contribution in [0, 0.1) is 11.3 Å². The number of amides is 2. The van der Waals surface area contributed by atoms with Gasteiger partial charge < -0.3 is 10.2 Å². The molecule has 0 aliphatic carbocycles. The van der Waals surface area contributed by atoms with Gasteiger partial charge in [-0.15, -0.1) is 0 Å². The van der Waals surface area contributed by atoms with E-state index in [9.17, 15) is 10.1 Å². The first-order valence-corrected chi connectivity index (χ1v) is 8.23. The van der Waals surface area contributed by atoms with Crippen molar-refractivity contribution in [3.8, 4) is 6.07 Å². The van der Waals surface area contributed by atoms with Crippen LogP contribution in [0.1, 0.15) is 31.4 Å². The van der Waals surface area contributed by atoms with E-state index in [1.165, 1.54) is 0 Å². The lowest BCUT2D eigenvalue weighted by molar-refractivity contribution is 0.192. The fourth-order valence-electron chi connectivity index (χ4n) is 2.90. The number of benzene rings is 2. The maximum Gasteiger partial charge on any atom is 0.318 e. The molecular weight excluding hydrogens is 298 g/mol. The van der Waals surface area contributed by atoms with E-state index >= 15 is 0 Å². The first-order chi connectivity index (χ1) is 11.7. The van der Waals surface area contributed by atoms with Crippen molar-refractivity contribution in [2.24, 2.45) is 0 Å². The van der Waals surface area contributed by atoms with Gasteiger partial charge in [0.15, 0.2) is 0 Å². The Morgan fingerprint density at radius 1 is 1.00 bits per heavy atom. The quantitative estimate of drug-likeness (QED) is 0.877. The number of carbonyl (C=O) groups is 1. The fraction of sp³-hybridized carbons (Fsp3) is 0.300. The summed E-state index contributed by atoms with van der Waals surface area (Å²) in [6, 6.07) is 21.4. The Hall–Kier alpha value is -2.80. The molecule has 0 atom stereocenters. The summed E-state index contributed by atoms with van der Waals surface area (Å²) in [6.07, 6.45) is 0.161. The van der Waals surface area contributed by atoms with Gasteiger partial charge in [0.05, 0.1) is 12.5 Å². The van der Waals surface area contributed by atoms with E-state index in [4.69, 9.17) is 0 Å². The molecule has 0 bridgehead atoms. The summed E-state index contributed by atoms with van der Waals surface area (Å²) in [5.41, 5.74) is 0.938. The molecule has 2 aromatic rings. The van der Waals surface area contributed by atoms with Crippen LogP contribution in [-0.4, -0.2) is 24.0 Å². The Morgan fingerprint density at radius 3 is 1.83 bits per heavy atom. The molecule has 2 aromatic carbocycles. The molecule has 1 N–H and O–H groups in total. The molecule has 0 spiro atoms. The highest BCUT2D eigenvalue weighted by Crippen LogP contribution is 2.33. The second kappa shape index (κ2) is 8.16. The molecule has 2 rings (SSSR count). The average molecular weight is 321 g/mol. The van der Waals surface area contributed by atoms with E-state index in [1.54, 1.807) is 4.90 Å². The van der Waals surface area contributed by atoms with Gasteiger partial charge in [-0.05, 0) is 25.0 Å². The maximum atomic E-state index is 12.7. The molecule has 4 nitrogen and oxygen atoms in total. The fourth-order valence-corrected chi connectivity index (χ4v) is 2.90. The van der Waals surface area contributed by atoms with Crippen LogP contribution in [0.25, 0.3) is 0 Å². The Bertz CT molecular complexity index is 648. The summed E-state index contributed by atoms with van der Waals surface area (Å²) in [5.74, 6) is 0. The van der Waals surface area contributed by atoms with Crippen molar-refractivity contribution >= 4 is 6.03 Å². The highest BCUT2D eigenvalue weighted by atomic mass is 16.2. The summed E-state index contributed by atoms with van der Waals surface area (Å²) in [5, 5.41) is 12.6. The predicted molar refractivity (Wildman–Crippen MR) is 95.3 cm³/mol.